The smallest absolute Gasteiger partial charge is 0.00985 e. The number of benzene rings is 3. The largest absolute Gasteiger partial charge is 0.0833 e. The first-order valence-electron chi connectivity index (χ1n) is 18.5. The Bertz CT molecular complexity index is 1800. The molecule has 0 bridgehead atoms. The van der Waals surface area contributed by atoms with E-state index in [1.165, 1.54) is 55.7 Å². The van der Waals surface area contributed by atoms with Crippen molar-refractivity contribution in [2.45, 2.75) is 122 Å². The van der Waals surface area contributed by atoms with Crippen molar-refractivity contribution in [2.24, 2.45) is 23.2 Å². The van der Waals surface area contributed by atoms with Gasteiger partial charge in [-0.25, -0.2) is 0 Å². The molecule has 9 unspecified atom stereocenters. The fraction of sp³-hybridized carbons (Fsp3) is 0.511. The number of hydrogen-bond donors (Lipinski definition) is 0. The first-order chi connectivity index (χ1) is 21.8. The fourth-order valence-electron chi connectivity index (χ4n) is 12.0. The first kappa shape index (κ1) is 28.4. The Kier molecular flexibility index (Phi) is 6.35. The van der Waals surface area contributed by atoms with Gasteiger partial charge in [-0.05, 0) is 154 Å². The number of allylic oxidation sites excluding steroid dienone is 5. The molecule has 0 N–H and O–H groups in total. The molecule has 0 heterocycles. The summed E-state index contributed by atoms with van der Waals surface area (Å²) in [6, 6.07) is 14.6. The van der Waals surface area contributed by atoms with Crippen LogP contribution in [-0.2, 0) is 0 Å². The van der Waals surface area contributed by atoms with Gasteiger partial charge in [0.2, 0.25) is 0 Å². The van der Waals surface area contributed by atoms with Gasteiger partial charge in [0.1, 0.15) is 0 Å². The topological polar surface area (TPSA) is 0 Å². The third-order valence-corrected chi connectivity index (χ3v) is 14.2. The third-order valence-electron chi connectivity index (χ3n) is 14.2. The van der Waals surface area contributed by atoms with Gasteiger partial charge in [0, 0.05) is 11.8 Å². The van der Waals surface area contributed by atoms with Crippen molar-refractivity contribution in [1.29, 1.82) is 0 Å². The molecule has 3 aromatic rings. The molecule has 2 fully saturated rings. The molecule has 9 atom stereocenters. The lowest BCUT2D eigenvalue weighted by Gasteiger charge is -2.41. The van der Waals surface area contributed by atoms with Crippen LogP contribution in [0.4, 0.5) is 0 Å². The van der Waals surface area contributed by atoms with Gasteiger partial charge in [-0.2, -0.15) is 0 Å². The van der Waals surface area contributed by atoms with Crippen molar-refractivity contribution in [3.05, 3.63) is 111 Å². The molecule has 2 saturated carbocycles. The number of fused-ring (bicyclic) bond motifs is 7. The average Bonchev–Trinajstić information content (AvgIpc) is 3.56. The summed E-state index contributed by atoms with van der Waals surface area (Å²) in [5.41, 5.74) is 15.6. The van der Waals surface area contributed by atoms with E-state index in [1.807, 2.05) is 0 Å². The maximum atomic E-state index is 2.63. The zero-order valence-electron chi connectivity index (χ0n) is 28.5. The lowest BCUT2D eigenvalue weighted by molar-refractivity contribution is 0.121. The summed E-state index contributed by atoms with van der Waals surface area (Å²) >= 11 is 0. The van der Waals surface area contributed by atoms with Crippen molar-refractivity contribution in [3.8, 4) is 0 Å². The van der Waals surface area contributed by atoms with E-state index >= 15 is 0 Å². The molecular formula is C45H52. The lowest BCUT2D eigenvalue weighted by atomic mass is 9.63. The standard InChI is InChI=1S/C45H52/c1-7-25(2)40-32-13-9-8-12-28(32)26(3)41-37-17-11-15-34-30(21-23-38(43(34)37)44(40)41)29-20-22-36-31-19-18-27(45(4,5)6)24-39(31)35-16-10-14-33(29)42(35)36/h8-15,17,20,22,25,27,30-31,35,37-39,43H,7,16,18-19,21,23-24H2,1-6H3. The molecule has 6 aliphatic rings. The van der Waals surface area contributed by atoms with Gasteiger partial charge in [-0.1, -0.05) is 107 Å². The Hall–Kier alpha value is -2.86. The summed E-state index contributed by atoms with van der Waals surface area (Å²) in [5, 5.41) is 3.01. The van der Waals surface area contributed by atoms with Crippen molar-refractivity contribution < 1.29 is 0 Å². The number of hydrogen-bond acceptors (Lipinski definition) is 0. The van der Waals surface area contributed by atoms with Crippen LogP contribution in [0, 0.1) is 30.1 Å². The quantitative estimate of drug-likeness (QED) is 0.284. The normalized spacial score (nSPS) is 33.0. The summed E-state index contributed by atoms with van der Waals surface area (Å²) in [4.78, 5) is 0. The van der Waals surface area contributed by atoms with Gasteiger partial charge >= 0.3 is 0 Å². The van der Waals surface area contributed by atoms with Crippen LogP contribution < -0.4 is 0 Å². The van der Waals surface area contributed by atoms with E-state index in [1.54, 1.807) is 50.1 Å². The Morgan fingerprint density at radius 3 is 2.42 bits per heavy atom. The Labute approximate surface area is 272 Å². The maximum absolute atomic E-state index is 2.63. The zero-order valence-corrected chi connectivity index (χ0v) is 28.5. The molecule has 232 valence electrons. The molecule has 0 saturated heterocycles. The van der Waals surface area contributed by atoms with Crippen LogP contribution in [0.5, 0.6) is 0 Å². The number of rotatable bonds is 3. The van der Waals surface area contributed by atoms with Gasteiger partial charge < -0.3 is 0 Å². The molecule has 45 heavy (non-hydrogen) atoms. The summed E-state index contributed by atoms with van der Waals surface area (Å²) in [5.74, 6) is 6.14. The second-order valence-electron chi connectivity index (χ2n) is 17.0. The van der Waals surface area contributed by atoms with Crippen LogP contribution >= 0.6 is 0 Å². The fourth-order valence-corrected chi connectivity index (χ4v) is 12.0. The Morgan fingerprint density at radius 2 is 1.62 bits per heavy atom. The molecule has 3 aromatic carbocycles. The molecular weight excluding hydrogens is 540 g/mol. The third kappa shape index (κ3) is 3.90. The number of aryl methyl sites for hydroxylation is 1. The highest BCUT2D eigenvalue weighted by Crippen LogP contribution is 2.65. The summed E-state index contributed by atoms with van der Waals surface area (Å²) in [7, 11) is 0. The molecule has 6 aliphatic carbocycles. The van der Waals surface area contributed by atoms with Crippen molar-refractivity contribution in [1.82, 2.24) is 0 Å². The minimum Gasteiger partial charge on any atom is -0.0833 e. The van der Waals surface area contributed by atoms with E-state index in [9.17, 15) is 0 Å². The molecule has 0 spiro atoms. The zero-order chi connectivity index (χ0) is 30.8. The van der Waals surface area contributed by atoms with Crippen LogP contribution in [0.2, 0.25) is 0 Å². The molecule has 0 aromatic heterocycles. The first-order valence-corrected chi connectivity index (χ1v) is 18.5. The minimum atomic E-state index is 0.423. The second-order valence-corrected chi connectivity index (χ2v) is 17.0. The van der Waals surface area contributed by atoms with E-state index in [0.29, 0.717) is 35.0 Å². The van der Waals surface area contributed by atoms with Gasteiger partial charge in [0.25, 0.3) is 0 Å². The van der Waals surface area contributed by atoms with E-state index in [4.69, 9.17) is 0 Å². The highest BCUT2D eigenvalue weighted by Gasteiger charge is 2.51. The molecule has 0 aliphatic heterocycles. The van der Waals surface area contributed by atoms with Crippen LogP contribution in [0.1, 0.15) is 160 Å². The minimum absolute atomic E-state index is 0.423. The average molecular weight is 593 g/mol. The van der Waals surface area contributed by atoms with E-state index < -0.39 is 0 Å². The van der Waals surface area contributed by atoms with Crippen molar-refractivity contribution in [3.63, 3.8) is 0 Å². The summed E-state index contributed by atoms with van der Waals surface area (Å²) < 4.78 is 0. The molecule has 0 amide bonds. The molecule has 9 rings (SSSR count). The summed E-state index contributed by atoms with van der Waals surface area (Å²) in [6.07, 6.45) is 22.0. The predicted octanol–water partition coefficient (Wildman–Crippen LogP) is 12.6. The van der Waals surface area contributed by atoms with Gasteiger partial charge in [0.15, 0.2) is 0 Å². The van der Waals surface area contributed by atoms with Gasteiger partial charge in [-0.15, -0.1) is 0 Å². The lowest BCUT2D eigenvalue weighted by Crippen LogP contribution is -2.30. The highest BCUT2D eigenvalue weighted by atomic mass is 14.5. The molecule has 0 radical (unpaired) electrons. The van der Waals surface area contributed by atoms with E-state index in [-0.39, 0.29) is 0 Å². The monoisotopic (exact) mass is 592 g/mol. The van der Waals surface area contributed by atoms with Crippen molar-refractivity contribution >= 4 is 16.8 Å². The second kappa shape index (κ2) is 10.1. The SMILES string of the molecule is CCC(C)c1c2c(c(C)c3ccccc13)C1C=CC=C3C(c4ccc5c6c4C=CCC6C4CC(C(C)(C)C)CCC54)CCC2C31. The van der Waals surface area contributed by atoms with Crippen LogP contribution in [0.3, 0.4) is 0 Å². The van der Waals surface area contributed by atoms with Crippen LogP contribution in [-0.4, -0.2) is 0 Å². The maximum Gasteiger partial charge on any atom is 0.00985 e. The molecule has 0 nitrogen and oxygen atoms in total. The predicted molar refractivity (Wildman–Crippen MR) is 191 cm³/mol. The molecule has 0 heteroatoms. The highest BCUT2D eigenvalue weighted by molar-refractivity contribution is 5.92. The van der Waals surface area contributed by atoms with E-state index in [0.717, 1.165) is 23.7 Å². The van der Waals surface area contributed by atoms with Crippen LogP contribution in [0.15, 0.2) is 66.3 Å². The van der Waals surface area contributed by atoms with E-state index in [2.05, 4.69) is 108 Å². The Balaban J connectivity index is 1.14. The van der Waals surface area contributed by atoms with Gasteiger partial charge in [0.05, 0.1) is 0 Å². The summed E-state index contributed by atoms with van der Waals surface area (Å²) in [6.45, 7) is 14.8. The van der Waals surface area contributed by atoms with Crippen LogP contribution in [0.25, 0.3) is 16.8 Å². The van der Waals surface area contributed by atoms with Gasteiger partial charge in [-0.3, -0.25) is 0 Å². The Morgan fingerprint density at radius 1 is 0.844 bits per heavy atom. The van der Waals surface area contributed by atoms with Crippen molar-refractivity contribution in [2.75, 3.05) is 0 Å².